The zero-order chi connectivity index (χ0) is 21.6. The van der Waals surface area contributed by atoms with Gasteiger partial charge in [0.15, 0.2) is 5.88 Å². The molecule has 0 aliphatic carbocycles. The van der Waals surface area contributed by atoms with Crippen LogP contribution in [0.25, 0.3) is 21.0 Å². The second kappa shape index (κ2) is 7.04. The Balaban J connectivity index is 1.56. The highest BCUT2D eigenvalue weighted by Crippen LogP contribution is 2.32. The molecule has 4 aromatic rings. The van der Waals surface area contributed by atoms with Gasteiger partial charge in [-0.2, -0.15) is 0 Å². The largest absolute Gasteiger partial charge is 0.497 e. The molecule has 0 unspecified atom stereocenters. The lowest BCUT2D eigenvalue weighted by Crippen LogP contribution is -2.49. The minimum absolute atomic E-state index is 0.0482. The Morgan fingerprint density at radius 1 is 1.26 bits per heavy atom. The Morgan fingerprint density at radius 3 is 2.90 bits per heavy atom. The first-order valence-electron chi connectivity index (χ1n) is 9.33. The zero-order valence-corrected chi connectivity index (χ0v) is 17.1. The van der Waals surface area contributed by atoms with Gasteiger partial charge in [-0.15, -0.1) is 11.3 Å². The summed E-state index contributed by atoms with van der Waals surface area (Å²) in [6, 6.07) is 10.2. The van der Waals surface area contributed by atoms with Gasteiger partial charge in [0.1, 0.15) is 5.75 Å². The number of fused-ring (bicyclic) bond motifs is 2. The Hall–Kier alpha value is -4.03. The van der Waals surface area contributed by atoms with Crippen molar-refractivity contribution in [1.29, 1.82) is 0 Å². The summed E-state index contributed by atoms with van der Waals surface area (Å²) in [5.41, 5.74) is 1.69. The van der Waals surface area contributed by atoms with Crippen LogP contribution >= 0.6 is 11.3 Å². The maximum absolute atomic E-state index is 12.7. The molecule has 0 bridgehead atoms. The van der Waals surface area contributed by atoms with E-state index < -0.39 is 17.5 Å². The SMILES string of the molecule is COc1ccc2cn(C[C@@]3(C#Cc4ccc5scnc5c4)NC(=O)NC3=O)c(O)c2c1. The first-order chi connectivity index (χ1) is 15.0. The second-order valence-electron chi connectivity index (χ2n) is 7.13. The average Bonchev–Trinajstić information content (AvgIpc) is 3.43. The lowest BCUT2D eigenvalue weighted by molar-refractivity contribution is -0.122. The molecule has 2 aromatic carbocycles. The molecule has 0 saturated carbocycles. The number of carbonyl (C=O) groups is 2. The highest BCUT2D eigenvalue weighted by atomic mass is 32.1. The molecule has 0 radical (unpaired) electrons. The molecule has 0 spiro atoms. The lowest BCUT2D eigenvalue weighted by Gasteiger charge is -2.20. The van der Waals surface area contributed by atoms with Crippen LogP contribution in [0.3, 0.4) is 0 Å². The quantitative estimate of drug-likeness (QED) is 0.341. The van der Waals surface area contributed by atoms with Crippen LogP contribution in [-0.4, -0.2) is 39.2 Å². The maximum atomic E-state index is 12.7. The minimum atomic E-state index is -1.54. The molecule has 3 amide bonds. The molecule has 1 fully saturated rings. The highest BCUT2D eigenvalue weighted by Gasteiger charge is 2.46. The summed E-state index contributed by atoms with van der Waals surface area (Å²) in [4.78, 5) is 28.9. The van der Waals surface area contributed by atoms with Crippen molar-refractivity contribution in [3.63, 3.8) is 0 Å². The van der Waals surface area contributed by atoms with Crippen molar-refractivity contribution >= 4 is 44.3 Å². The molecule has 1 aliphatic rings. The minimum Gasteiger partial charge on any atom is -0.497 e. The number of hydrogen-bond acceptors (Lipinski definition) is 6. The Bertz CT molecular complexity index is 1430. The van der Waals surface area contributed by atoms with Crippen molar-refractivity contribution in [2.75, 3.05) is 7.11 Å². The molecule has 9 heteroatoms. The van der Waals surface area contributed by atoms with E-state index in [1.807, 2.05) is 18.2 Å². The topological polar surface area (TPSA) is 105 Å². The van der Waals surface area contributed by atoms with Gasteiger partial charge in [-0.3, -0.25) is 10.1 Å². The number of hydrogen-bond donors (Lipinski definition) is 3. The molecule has 1 saturated heterocycles. The van der Waals surface area contributed by atoms with E-state index in [2.05, 4.69) is 27.5 Å². The predicted molar refractivity (Wildman–Crippen MR) is 116 cm³/mol. The van der Waals surface area contributed by atoms with Crippen LogP contribution < -0.4 is 15.4 Å². The summed E-state index contributed by atoms with van der Waals surface area (Å²) in [6.45, 7) is -0.0701. The number of imide groups is 1. The molecular formula is C22H16N4O4S. The van der Waals surface area contributed by atoms with E-state index in [-0.39, 0.29) is 12.4 Å². The molecule has 31 heavy (non-hydrogen) atoms. The molecule has 1 atom stereocenters. The van der Waals surface area contributed by atoms with Crippen LogP contribution in [0.4, 0.5) is 4.79 Å². The van der Waals surface area contributed by atoms with Gasteiger partial charge in [0, 0.05) is 22.5 Å². The summed E-state index contributed by atoms with van der Waals surface area (Å²) in [5.74, 6) is 5.87. The van der Waals surface area contributed by atoms with Gasteiger partial charge in [-0.25, -0.2) is 9.78 Å². The van der Waals surface area contributed by atoms with Crippen LogP contribution in [0, 0.1) is 11.8 Å². The number of nitrogens with zero attached hydrogens (tertiary/aromatic N) is 2. The number of benzene rings is 2. The van der Waals surface area contributed by atoms with Gasteiger partial charge in [0.25, 0.3) is 5.91 Å². The van der Waals surface area contributed by atoms with Crippen molar-refractivity contribution in [3.8, 4) is 23.5 Å². The van der Waals surface area contributed by atoms with Gasteiger partial charge in [-0.05, 0) is 36.4 Å². The first kappa shape index (κ1) is 19.0. The third-order valence-corrected chi connectivity index (χ3v) is 5.98. The van der Waals surface area contributed by atoms with E-state index in [9.17, 15) is 14.7 Å². The normalized spacial score (nSPS) is 18.0. The van der Waals surface area contributed by atoms with E-state index >= 15 is 0 Å². The van der Waals surface area contributed by atoms with Crippen molar-refractivity contribution in [1.82, 2.24) is 20.2 Å². The summed E-state index contributed by atoms with van der Waals surface area (Å²) in [5, 5.41) is 16.9. The first-order valence-corrected chi connectivity index (χ1v) is 10.2. The molecule has 5 rings (SSSR count). The Morgan fingerprint density at radius 2 is 2.13 bits per heavy atom. The fourth-order valence-corrected chi connectivity index (χ4v) is 4.23. The number of amides is 3. The number of ether oxygens (including phenoxy) is 1. The predicted octanol–water partition coefficient (Wildman–Crippen LogP) is 2.60. The van der Waals surface area contributed by atoms with E-state index in [1.54, 1.807) is 37.0 Å². The molecule has 3 N–H and O–H groups in total. The second-order valence-corrected chi connectivity index (χ2v) is 8.02. The van der Waals surface area contributed by atoms with E-state index in [1.165, 1.54) is 15.9 Å². The molecule has 154 valence electrons. The van der Waals surface area contributed by atoms with E-state index in [0.29, 0.717) is 16.7 Å². The van der Waals surface area contributed by atoms with E-state index in [0.717, 1.165) is 15.6 Å². The fourth-order valence-electron chi connectivity index (χ4n) is 3.57. The number of methoxy groups -OCH3 is 1. The van der Waals surface area contributed by atoms with Gasteiger partial charge in [0.2, 0.25) is 5.54 Å². The molecule has 3 heterocycles. The van der Waals surface area contributed by atoms with Crippen LogP contribution in [0.15, 0.2) is 48.1 Å². The third kappa shape index (κ3) is 3.23. The summed E-state index contributed by atoms with van der Waals surface area (Å²) >= 11 is 1.53. The summed E-state index contributed by atoms with van der Waals surface area (Å²) in [7, 11) is 1.54. The maximum Gasteiger partial charge on any atom is 0.323 e. The standard InChI is InChI=1S/C22H16N4O4S/c1-30-15-4-3-14-10-26(19(27)16(14)9-15)11-22(20(28)24-21(29)25-22)7-6-13-2-5-18-17(8-13)23-12-31-18/h2-5,8-10,12,27H,11H2,1H3,(H2,24,25,28,29)/t22-/m1/s1. The number of rotatable bonds is 3. The molecule has 1 aliphatic heterocycles. The molecule has 8 nitrogen and oxygen atoms in total. The average molecular weight is 432 g/mol. The van der Waals surface area contributed by atoms with Crippen LogP contribution in [0.2, 0.25) is 0 Å². The number of nitrogens with one attached hydrogen (secondary N) is 2. The number of carbonyl (C=O) groups excluding carboxylic acids is 2. The van der Waals surface area contributed by atoms with Gasteiger partial charge < -0.3 is 19.7 Å². The van der Waals surface area contributed by atoms with Crippen molar-refractivity contribution < 1.29 is 19.4 Å². The Labute approximate surface area is 180 Å². The summed E-state index contributed by atoms with van der Waals surface area (Å²) < 4.78 is 7.74. The van der Waals surface area contributed by atoms with E-state index in [4.69, 9.17) is 4.74 Å². The van der Waals surface area contributed by atoms with Crippen molar-refractivity contribution in [3.05, 3.63) is 53.7 Å². The zero-order valence-electron chi connectivity index (χ0n) is 16.3. The monoisotopic (exact) mass is 432 g/mol. The highest BCUT2D eigenvalue weighted by molar-refractivity contribution is 7.16. The number of aromatic hydroxyl groups is 1. The molecular weight excluding hydrogens is 416 g/mol. The number of thiazole rings is 1. The fraction of sp³-hybridized carbons (Fsp3) is 0.136. The number of urea groups is 1. The van der Waals surface area contributed by atoms with Crippen molar-refractivity contribution in [2.45, 2.75) is 12.1 Å². The van der Waals surface area contributed by atoms with Gasteiger partial charge >= 0.3 is 6.03 Å². The number of aromatic nitrogens is 2. The molecule has 2 aromatic heterocycles. The van der Waals surface area contributed by atoms with Crippen molar-refractivity contribution in [2.24, 2.45) is 0 Å². The summed E-state index contributed by atoms with van der Waals surface area (Å²) in [6.07, 6.45) is 1.70. The third-order valence-electron chi connectivity index (χ3n) is 5.17. The Kier molecular flexibility index (Phi) is 4.30. The van der Waals surface area contributed by atoms with Crippen LogP contribution in [0.1, 0.15) is 5.56 Å². The lowest BCUT2D eigenvalue weighted by atomic mass is 9.99. The van der Waals surface area contributed by atoms with Gasteiger partial charge in [-0.1, -0.05) is 11.8 Å². The van der Waals surface area contributed by atoms with Gasteiger partial charge in [0.05, 0.1) is 29.4 Å². The smallest absolute Gasteiger partial charge is 0.323 e. The van der Waals surface area contributed by atoms with Crippen LogP contribution in [-0.2, 0) is 11.3 Å². The van der Waals surface area contributed by atoms with Crippen LogP contribution in [0.5, 0.6) is 11.6 Å².